The Morgan fingerprint density at radius 2 is 1.55 bits per heavy atom. The second-order valence-corrected chi connectivity index (χ2v) is 6.64. The molecule has 1 rings (SSSR count). The van der Waals surface area contributed by atoms with Crippen molar-refractivity contribution in [1.82, 2.24) is 0 Å². The molecule has 0 atom stereocenters. The molecule has 0 saturated carbocycles. The van der Waals surface area contributed by atoms with Gasteiger partial charge in [0.25, 0.3) is 0 Å². The predicted octanol–water partition coefficient (Wildman–Crippen LogP) is 4.99. The molecule has 0 unspecified atom stereocenters. The first kappa shape index (κ1) is 18.7. The number of primary amides is 1. The van der Waals surface area contributed by atoms with Crippen LogP contribution in [0.4, 0.5) is 0 Å². The molecule has 1 aromatic carbocycles. The second kappa shape index (κ2) is 8.08. The number of rotatable bonds is 4. The van der Waals surface area contributed by atoms with Crippen LogP contribution in [0.25, 0.3) is 0 Å². The summed E-state index contributed by atoms with van der Waals surface area (Å²) in [6, 6.07) is 7.39. The molecule has 0 aliphatic rings. The lowest BCUT2D eigenvalue weighted by Gasteiger charge is -2.27. The number of nitrogens with two attached hydrogens (primary N) is 1. The van der Waals surface area contributed by atoms with Gasteiger partial charge in [-0.05, 0) is 34.9 Å². The van der Waals surface area contributed by atoms with E-state index in [4.69, 9.17) is 5.73 Å². The molecule has 0 saturated heterocycles. The maximum absolute atomic E-state index is 10.7. The van der Waals surface area contributed by atoms with E-state index in [9.17, 15) is 4.79 Å². The minimum absolute atomic E-state index is 0.370. The summed E-state index contributed by atoms with van der Waals surface area (Å²) >= 11 is 0. The zero-order valence-electron chi connectivity index (χ0n) is 14.2. The third-order valence-electron chi connectivity index (χ3n) is 4.34. The van der Waals surface area contributed by atoms with Crippen LogP contribution >= 0.6 is 0 Å². The minimum Gasteiger partial charge on any atom is -0.366 e. The van der Waals surface area contributed by atoms with E-state index in [0.717, 1.165) is 5.92 Å². The van der Waals surface area contributed by atoms with E-state index >= 15 is 0 Å². The van der Waals surface area contributed by atoms with Gasteiger partial charge in [0.2, 0.25) is 5.91 Å². The van der Waals surface area contributed by atoms with Gasteiger partial charge in [-0.25, -0.2) is 0 Å². The summed E-state index contributed by atoms with van der Waals surface area (Å²) < 4.78 is 0. The van der Waals surface area contributed by atoms with Crippen molar-refractivity contribution in [2.24, 2.45) is 17.1 Å². The lowest BCUT2D eigenvalue weighted by atomic mass is 9.79. The van der Waals surface area contributed by atoms with Gasteiger partial charge < -0.3 is 5.73 Å². The summed E-state index contributed by atoms with van der Waals surface area (Å²) in [5.74, 6) is 0.935. The molecule has 20 heavy (non-hydrogen) atoms. The molecule has 1 amide bonds. The quantitative estimate of drug-likeness (QED) is 0.828. The highest BCUT2D eigenvalue weighted by molar-refractivity contribution is 5.92. The van der Waals surface area contributed by atoms with Crippen molar-refractivity contribution in [3.63, 3.8) is 0 Å². The lowest BCUT2D eigenvalue weighted by Crippen LogP contribution is -2.17. The van der Waals surface area contributed by atoms with Gasteiger partial charge in [0.1, 0.15) is 0 Å². The number of benzene rings is 1. The Hall–Kier alpha value is -1.31. The first-order valence-electron chi connectivity index (χ1n) is 7.51. The first-order chi connectivity index (χ1) is 9.11. The van der Waals surface area contributed by atoms with Gasteiger partial charge >= 0.3 is 0 Å². The number of amides is 1. The molecule has 1 aromatic rings. The largest absolute Gasteiger partial charge is 0.366 e. The second-order valence-electron chi connectivity index (χ2n) is 6.64. The highest BCUT2D eigenvalue weighted by Gasteiger charge is 2.18. The van der Waals surface area contributed by atoms with Crippen molar-refractivity contribution < 1.29 is 4.79 Å². The van der Waals surface area contributed by atoms with E-state index in [0.29, 0.717) is 16.9 Å². The summed E-state index contributed by atoms with van der Waals surface area (Å²) in [4.78, 5) is 10.7. The summed E-state index contributed by atoms with van der Waals surface area (Å²) in [5.41, 5.74) is 7.43. The van der Waals surface area contributed by atoms with Crippen LogP contribution in [-0.4, -0.2) is 5.91 Å². The lowest BCUT2D eigenvalue weighted by molar-refractivity contribution is 0.100. The van der Waals surface area contributed by atoms with Crippen LogP contribution in [0.2, 0.25) is 0 Å². The molecule has 0 aliphatic carbocycles. The van der Waals surface area contributed by atoms with Crippen LogP contribution in [0.3, 0.4) is 0 Å². The van der Waals surface area contributed by atoms with Crippen molar-refractivity contribution in [1.29, 1.82) is 0 Å². The molecule has 0 heterocycles. The van der Waals surface area contributed by atoms with E-state index in [1.54, 1.807) is 12.1 Å². The molecule has 0 radical (unpaired) electrons. The average Bonchev–Trinajstić information content (AvgIpc) is 2.39. The van der Waals surface area contributed by atoms with Crippen LogP contribution in [0, 0.1) is 11.3 Å². The average molecular weight is 277 g/mol. The van der Waals surface area contributed by atoms with Gasteiger partial charge in [0, 0.05) is 5.56 Å². The van der Waals surface area contributed by atoms with E-state index in [1.807, 2.05) is 12.1 Å². The van der Waals surface area contributed by atoms with Crippen molar-refractivity contribution >= 4 is 5.91 Å². The van der Waals surface area contributed by atoms with E-state index in [2.05, 4.69) is 48.5 Å². The number of hydrogen-bond acceptors (Lipinski definition) is 1. The Balaban J connectivity index is 0.000000396. The summed E-state index contributed by atoms with van der Waals surface area (Å²) in [5, 5.41) is 0. The fourth-order valence-corrected chi connectivity index (χ4v) is 1.44. The molecule has 0 aliphatic heterocycles. The molecule has 0 aromatic heterocycles. The monoisotopic (exact) mass is 277 g/mol. The molecule has 0 spiro atoms. The van der Waals surface area contributed by atoms with Crippen LogP contribution in [-0.2, 0) is 0 Å². The topological polar surface area (TPSA) is 43.1 Å². The maximum Gasteiger partial charge on any atom is 0.248 e. The summed E-state index contributed by atoms with van der Waals surface area (Å²) in [7, 11) is 0. The summed E-state index contributed by atoms with van der Waals surface area (Å²) in [6.07, 6.45) is 1.28. The normalized spacial score (nSPS) is 11.2. The Morgan fingerprint density at radius 3 is 1.75 bits per heavy atom. The molecule has 114 valence electrons. The first-order valence-corrected chi connectivity index (χ1v) is 7.51. The van der Waals surface area contributed by atoms with E-state index < -0.39 is 0 Å². The zero-order chi connectivity index (χ0) is 15.9. The van der Waals surface area contributed by atoms with Crippen molar-refractivity contribution in [3.05, 3.63) is 35.4 Å². The number of hydrogen-bond donors (Lipinski definition) is 1. The fourth-order valence-electron chi connectivity index (χ4n) is 1.44. The molecule has 2 N–H and O–H groups in total. The Morgan fingerprint density at radius 1 is 1.10 bits per heavy atom. The molecule has 2 nitrogen and oxygen atoms in total. The zero-order valence-corrected chi connectivity index (χ0v) is 14.2. The third kappa shape index (κ3) is 6.23. The standard InChI is InChI=1S/C10H13NO.C8H18/c1-7(2)8-3-5-9(6-4-8)10(11)12;1-6-8(4,5)7(2)3/h3-7H,1-2H3,(H2,11,12);7H,6H2,1-5H3. The van der Waals surface area contributed by atoms with Gasteiger partial charge in [0.05, 0.1) is 0 Å². The molecule has 0 fully saturated rings. The van der Waals surface area contributed by atoms with E-state index in [1.165, 1.54) is 12.0 Å². The molecular weight excluding hydrogens is 246 g/mol. The fraction of sp³-hybridized carbons (Fsp3) is 0.611. The highest BCUT2D eigenvalue weighted by atomic mass is 16.1. The molecule has 2 heteroatoms. The molecule has 0 bridgehead atoms. The smallest absolute Gasteiger partial charge is 0.248 e. The van der Waals surface area contributed by atoms with Crippen molar-refractivity contribution in [2.75, 3.05) is 0 Å². The molecular formula is C18H31NO. The number of carbonyl (C=O) groups excluding carboxylic acids is 1. The van der Waals surface area contributed by atoms with Gasteiger partial charge in [-0.1, -0.05) is 67.0 Å². The van der Waals surface area contributed by atoms with Crippen LogP contribution in [0.1, 0.15) is 76.7 Å². The van der Waals surface area contributed by atoms with E-state index in [-0.39, 0.29) is 5.91 Å². The predicted molar refractivity (Wildman–Crippen MR) is 88.0 cm³/mol. The highest BCUT2D eigenvalue weighted by Crippen LogP contribution is 2.28. The summed E-state index contributed by atoms with van der Waals surface area (Å²) in [6.45, 7) is 15.7. The number of carbonyl (C=O) groups is 1. The Kier molecular flexibility index (Phi) is 7.55. The van der Waals surface area contributed by atoms with Gasteiger partial charge in [-0.3, -0.25) is 4.79 Å². The van der Waals surface area contributed by atoms with Gasteiger partial charge in [-0.2, -0.15) is 0 Å². The van der Waals surface area contributed by atoms with Crippen LogP contribution in [0.5, 0.6) is 0 Å². The van der Waals surface area contributed by atoms with Gasteiger partial charge in [0.15, 0.2) is 0 Å². The van der Waals surface area contributed by atoms with Crippen LogP contribution < -0.4 is 5.73 Å². The van der Waals surface area contributed by atoms with Crippen molar-refractivity contribution in [3.8, 4) is 0 Å². The third-order valence-corrected chi connectivity index (χ3v) is 4.34. The van der Waals surface area contributed by atoms with Gasteiger partial charge in [-0.15, -0.1) is 0 Å². The minimum atomic E-state index is -0.370. The SMILES string of the molecule is CC(C)c1ccc(C(N)=O)cc1.CCC(C)(C)C(C)C. The Labute approximate surface area is 124 Å². The maximum atomic E-state index is 10.7. The Bertz CT molecular complexity index is 402. The van der Waals surface area contributed by atoms with Crippen LogP contribution in [0.15, 0.2) is 24.3 Å². The van der Waals surface area contributed by atoms with Crippen molar-refractivity contribution in [2.45, 2.75) is 60.8 Å².